The zero-order valence-corrected chi connectivity index (χ0v) is 13.2. The Balaban J connectivity index is 2.78. The molecule has 0 fully saturated rings. The molecule has 0 saturated heterocycles. The van der Waals surface area contributed by atoms with Gasteiger partial charge in [-0.05, 0) is 30.0 Å². The average Bonchev–Trinajstić information content (AvgIpc) is 2.50. The van der Waals surface area contributed by atoms with Gasteiger partial charge in [-0.15, -0.1) is 0 Å². The predicted octanol–water partition coefficient (Wildman–Crippen LogP) is 3.83. The fourth-order valence-corrected chi connectivity index (χ4v) is 2.89. The molecule has 2 rings (SSSR count). The van der Waals surface area contributed by atoms with Crippen molar-refractivity contribution in [2.24, 2.45) is 0 Å². The van der Waals surface area contributed by atoms with Crippen molar-refractivity contribution in [2.45, 2.75) is 39.5 Å². The molecular weight excluding hydrogens is 276 g/mol. The fraction of sp³-hybridized carbons (Fsp3) is 0.333. The van der Waals surface area contributed by atoms with E-state index in [2.05, 4.69) is 13.8 Å². The molecule has 2 aromatic carbocycles. The van der Waals surface area contributed by atoms with E-state index < -0.39 is 0 Å². The molecule has 118 valence electrons. The van der Waals surface area contributed by atoms with Crippen LogP contribution < -0.4 is 11.5 Å². The van der Waals surface area contributed by atoms with Gasteiger partial charge >= 0.3 is 0 Å². The van der Waals surface area contributed by atoms with Gasteiger partial charge in [0, 0.05) is 5.56 Å². The number of para-hydroxylation sites is 1. The van der Waals surface area contributed by atoms with Crippen molar-refractivity contribution in [3.05, 3.63) is 35.4 Å². The Labute approximate surface area is 131 Å². The summed E-state index contributed by atoms with van der Waals surface area (Å²) >= 11 is 0. The minimum Gasteiger partial charge on any atom is -0.507 e. The van der Waals surface area contributed by atoms with Crippen molar-refractivity contribution in [3.8, 4) is 22.6 Å². The molecule has 6 N–H and O–H groups in total. The van der Waals surface area contributed by atoms with Crippen molar-refractivity contribution in [2.75, 3.05) is 11.5 Å². The summed E-state index contributed by atoms with van der Waals surface area (Å²) in [6.07, 6.45) is 3.33. The molecule has 0 bridgehead atoms. The molecule has 4 nitrogen and oxygen atoms in total. The minimum atomic E-state index is 0.0783. The zero-order chi connectivity index (χ0) is 16.3. The molecule has 0 atom stereocenters. The van der Waals surface area contributed by atoms with Crippen LogP contribution in [0.1, 0.15) is 37.8 Å². The molecule has 0 radical (unpaired) electrons. The molecule has 2 aromatic rings. The van der Waals surface area contributed by atoms with Crippen LogP contribution in [0.2, 0.25) is 0 Å². The predicted molar refractivity (Wildman–Crippen MR) is 92.0 cm³/mol. The van der Waals surface area contributed by atoms with Gasteiger partial charge in [-0.25, -0.2) is 0 Å². The molecule has 0 aromatic heterocycles. The van der Waals surface area contributed by atoms with Crippen LogP contribution in [0, 0.1) is 0 Å². The van der Waals surface area contributed by atoms with Gasteiger partial charge in [-0.1, -0.05) is 44.9 Å². The number of nitrogens with two attached hydrogens (primary N) is 2. The van der Waals surface area contributed by atoms with Crippen molar-refractivity contribution in [3.63, 3.8) is 0 Å². The minimum absolute atomic E-state index is 0.0783. The Hall–Kier alpha value is -2.36. The Morgan fingerprint density at radius 1 is 0.864 bits per heavy atom. The molecule has 0 amide bonds. The number of anilines is 2. The monoisotopic (exact) mass is 300 g/mol. The van der Waals surface area contributed by atoms with E-state index in [4.69, 9.17) is 11.5 Å². The van der Waals surface area contributed by atoms with E-state index in [1.54, 1.807) is 24.3 Å². The lowest BCUT2D eigenvalue weighted by Gasteiger charge is -2.20. The maximum Gasteiger partial charge on any atom is 0.129 e. The Morgan fingerprint density at radius 2 is 1.45 bits per heavy atom. The van der Waals surface area contributed by atoms with E-state index in [9.17, 15) is 10.2 Å². The fourth-order valence-electron chi connectivity index (χ4n) is 2.89. The van der Waals surface area contributed by atoms with Gasteiger partial charge in [-0.3, -0.25) is 0 Å². The molecule has 0 aliphatic heterocycles. The van der Waals surface area contributed by atoms with Gasteiger partial charge in [-0.2, -0.15) is 0 Å². The second kappa shape index (κ2) is 6.60. The van der Waals surface area contributed by atoms with Gasteiger partial charge in [0.05, 0.1) is 16.9 Å². The normalized spacial score (nSPS) is 10.8. The van der Waals surface area contributed by atoms with Gasteiger partial charge in [0.25, 0.3) is 0 Å². The number of hydrogen-bond donors (Lipinski definition) is 4. The second-order valence-corrected chi connectivity index (χ2v) is 5.53. The summed E-state index contributed by atoms with van der Waals surface area (Å²) in [5.74, 6) is 0.216. The summed E-state index contributed by atoms with van der Waals surface area (Å²) in [6.45, 7) is 4.13. The van der Waals surface area contributed by atoms with Gasteiger partial charge in [0.1, 0.15) is 11.5 Å². The Kier molecular flexibility index (Phi) is 4.81. The molecule has 0 saturated carbocycles. The van der Waals surface area contributed by atoms with Crippen LogP contribution in [0.4, 0.5) is 11.4 Å². The number of phenols is 2. The first-order valence-corrected chi connectivity index (χ1v) is 7.72. The van der Waals surface area contributed by atoms with Crippen LogP contribution in [0.3, 0.4) is 0 Å². The van der Waals surface area contributed by atoms with E-state index in [-0.39, 0.29) is 11.5 Å². The number of phenolic OH excluding ortho intramolecular Hbond substituents is 2. The third-order valence-electron chi connectivity index (χ3n) is 3.94. The first kappa shape index (κ1) is 16.0. The Morgan fingerprint density at radius 3 is 2.05 bits per heavy atom. The lowest BCUT2D eigenvalue weighted by Crippen LogP contribution is -2.07. The average molecular weight is 300 g/mol. The highest BCUT2D eigenvalue weighted by Gasteiger charge is 2.22. The molecule has 0 aliphatic rings. The van der Waals surface area contributed by atoms with E-state index in [0.29, 0.717) is 22.5 Å². The van der Waals surface area contributed by atoms with Crippen LogP contribution >= 0.6 is 0 Å². The van der Waals surface area contributed by atoms with Crippen LogP contribution in [-0.4, -0.2) is 10.2 Å². The van der Waals surface area contributed by atoms with Crippen LogP contribution in [0.15, 0.2) is 24.3 Å². The largest absolute Gasteiger partial charge is 0.507 e. The summed E-state index contributed by atoms with van der Waals surface area (Å²) in [4.78, 5) is 0. The van der Waals surface area contributed by atoms with Crippen LogP contribution in [0.5, 0.6) is 11.5 Å². The molecule has 0 heterocycles. The molecule has 0 spiro atoms. The van der Waals surface area contributed by atoms with Crippen molar-refractivity contribution in [1.82, 2.24) is 0 Å². The van der Waals surface area contributed by atoms with Crippen LogP contribution in [0.25, 0.3) is 11.1 Å². The highest BCUT2D eigenvalue weighted by atomic mass is 16.3. The van der Waals surface area contributed by atoms with Gasteiger partial charge < -0.3 is 21.7 Å². The van der Waals surface area contributed by atoms with Crippen molar-refractivity contribution < 1.29 is 10.2 Å². The molecule has 0 unspecified atom stereocenters. The van der Waals surface area contributed by atoms with Crippen molar-refractivity contribution >= 4 is 11.4 Å². The standard InChI is InChI=1S/C18H24N2O2/c1-3-7-11-12(8-4-2)18(22)15(17(20)16(11)19)13-9-5-6-10-14(13)21/h5-6,9-10,21-22H,3-4,7-8,19-20H2,1-2H3. The van der Waals surface area contributed by atoms with E-state index >= 15 is 0 Å². The number of aromatic hydroxyl groups is 2. The molecule has 0 aliphatic carbocycles. The summed E-state index contributed by atoms with van der Waals surface area (Å²) < 4.78 is 0. The summed E-state index contributed by atoms with van der Waals surface area (Å²) in [7, 11) is 0. The number of nitrogen functional groups attached to an aromatic ring is 2. The van der Waals surface area contributed by atoms with Gasteiger partial charge in [0.15, 0.2) is 0 Å². The highest BCUT2D eigenvalue weighted by molar-refractivity contribution is 5.93. The van der Waals surface area contributed by atoms with E-state index in [1.165, 1.54) is 0 Å². The third-order valence-corrected chi connectivity index (χ3v) is 3.94. The lowest BCUT2D eigenvalue weighted by molar-refractivity contribution is 0.464. The maximum atomic E-state index is 10.8. The lowest BCUT2D eigenvalue weighted by atomic mass is 9.89. The number of rotatable bonds is 5. The summed E-state index contributed by atoms with van der Waals surface area (Å²) in [5, 5.41) is 20.9. The molecule has 4 heteroatoms. The van der Waals surface area contributed by atoms with Gasteiger partial charge in [0.2, 0.25) is 0 Å². The number of hydrogen-bond acceptors (Lipinski definition) is 4. The zero-order valence-electron chi connectivity index (χ0n) is 13.2. The summed E-state index contributed by atoms with van der Waals surface area (Å²) in [5.41, 5.74) is 16.0. The molecule has 22 heavy (non-hydrogen) atoms. The van der Waals surface area contributed by atoms with E-state index in [1.807, 2.05) is 0 Å². The number of benzene rings is 2. The SMILES string of the molecule is CCCc1c(N)c(N)c(-c2ccccc2O)c(O)c1CCC. The quantitative estimate of drug-likeness (QED) is 0.498. The molecular formula is C18H24N2O2. The Bertz CT molecular complexity index is 681. The second-order valence-electron chi connectivity index (χ2n) is 5.53. The smallest absolute Gasteiger partial charge is 0.129 e. The van der Waals surface area contributed by atoms with Crippen molar-refractivity contribution in [1.29, 1.82) is 0 Å². The highest BCUT2D eigenvalue weighted by Crippen LogP contribution is 2.46. The summed E-state index contributed by atoms with van der Waals surface area (Å²) in [6, 6.07) is 6.83. The topological polar surface area (TPSA) is 92.5 Å². The maximum absolute atomic E-state index is 10.8. The third kappa shape index (κ3) is 2.69. The van der Waals surface area contributed by atoms with Crippen LogP contribution in [-0.2, 0) is 12.8 Å². The first-order chi connectivity index (χ1) is 10.5. The van der Waals surface area contributed by atoms with E-state index in [0.717, 1.165) is 36.8 Å². The first-order valence-electron chi connectivity index (χ1n) is 7.72.